The lowest BCUT2D eigenvalue weighted by molar-refractivity contribution is -0.122. The molecule has 0 radical (unpaired) electrons. The van der Waals surface area contributed by atoms with Crippen LogP contribution in [0.5, 0.6) is 0 Å². The van der Waals surface area contributed by atoms with Gasteiger partial charge in [0.2, 0.25) is 5.91 Å². The van der Waals surface area contributed by atoms with Gasteiger partial charge in [0, 0.05) is 13.1 Å². The zero-order chi connectivity index (χ0) is 16.7. The molecular weight excluding hydrogens is 291 g/mol. The van der Waals surface area contributed by atoms with Crippen LogP contribution in [-0.4, -0.2) is 18.5 Å². The van der Waals surface area contributed by atoms with E-state index in [-0.39, 0.29) is 23.7 Å². The molecule has 2 rings (SSSR count). The van der Waals surface area contributed by atoms with Crippen LogP contribution in [-0.2, 0) is 11.3 Å². The van der Waals surface area contributed by atoms with Crippen molar-refractivity contribution in [3.05, 3.63) is 71.5 Å². The summed E-state index contributed by atoms with van der Waals surface area (Å²) in [6, 6.07) is 16.0. The van der Waals surface area contributed by atoms with Crippen molar-refractivity contribution in [3.63, 3.8) is 0 Å². The monoisotopic (exact) mass is 314 g/mol. The minimum Gasteiger partial charge on any atom is -0.351 e. The van der Waals surface area contributed by atoms with Crippen molar-refractivity contribution in [2.45, 2.75) is 32.4 Å². The quantitative estimate of drug-likeness (QED) is 0.824. The number of benzene rings is 2. The Balaban J connectivity index is 1.76. The summed E-state index contributed by atoms with van der Waals surface area (Å²) >= 11 is 0. The van der Waals surface area contributed by atoms with Gasteiger partial charge in [-0.3, -0.25) is 4.79 Å². The second kappa shape index (κ2) is 8.44. The molecule has 2 aromatic rings. The Labute approximate surface area is 136 Å². The molecule has 1 amide bonds. The molecule has 0 heterocycles. The summed E-state index contributed by atoms with van der Waals surface area (Å²) in [6.45, 7) is 5.08. The lowest BCUT2D eigenvalue weighted by Crippen LogP contribution is -2.43. The third-order valence-corrected chi connectivity index (χ3v) is 3.87. The van der Waals surface area contributed by atoms with E-state index in [0.717, 1.165) is 11.1 Å². The molecule has 2 atom stereocenters. The fraction of sp³-hybridized carbons (Fsp3) is 0.316. The van der Waals surface area contributed by atoms with E-state index < -0.39 is 0 Å². The van der Waals surface area contributed by atoms with Gasteiger partial charge >= 0.3 is 0 Å². The van der Waals surface area contributed by atoms with Crippen LogP contribution in [0, 0.1) is 5.82 Å². The van der Waals surface area contributed by atoms with Crippen LogP contribution in [0.2, 0.25) is 0 Å². The van der Waals surface area contributed by atoms with E-state index in [1.54, 1.807) is 12.1 Å². The summed E-state index contributed by atoms with van der Waals surface area (Å²) in [7, 11) is 0. The molecule has 122 valence electrons. The van der Waals surface area contributed by atoms with Crippen LogP contribution >= 0.6 is 0 Å². The number of carbonyl (C=O) groups is 1. The average Bonchev–Trinajstić information content (AvgIpc) is 2.58. The first-order chi connectivity index (χ1) is 11.1. The number of hydrogen-bond donors (Lipinski definition) is 2. The average molecular weight is 314 g/mol. The SMILES string of the molecule is CC(NCC(C)c1ccc(F)cc1)C(=O)NCc1ccccc1. The number of carbonyl (C=O) groups excluding carboxylic acids is 1. The zero-order valence-corrected chi connectivity index (χ0v) is 13.6. The fourth-order valence-corrected chi connectivity index (χ4v) is 2.29. The molecule has 0 aromatic heterocycles. The molecule has 0 saturated carbocycles. The van der Waals surface area contributed by atoms with Crippen molar-refractivity contribution < 1.29 is 9.18 Å². The highest BCUT2D eigenvalue weighted by Crippen LogP contribution is 2.14. The van der Waals surface area contributed by atoms with E-state index >= 15 is 0 Å². The standard InChI is InChI=1S/C19H23FN2O/c1-14(17-8-10-18(20)11-9-17)12-21-15(2)19(23)22-13-16-6-4-3-5-7-16/h3-11,14-15,21H,12-13H2,1-2H3,(H,22,23). The number of nitrogens with one attached hydrogen (secondary N) is 2. The van der Waals surface area contributed by atoms with Gasteiger partial charge < -0.3 is 10.6 Å². The predicted molar refractivity (Wildman–Crippen MR) is 90.6 cm³/mol. The van der Waals surface area contributed by atoms with E-state index in [4.69, 9.17) is 0 Å². The van der Waals surface area contributed by atoms with Crippen molar-refractivity contribution in [2.24, 2.45) is 0 Å². The van der Waals surface area contributed by atoms with Crippen LogP contribution < -0.4 is 10.6 Å². The van der Waals surface area contributed by atoms with Crippen molar-refractivity contribution in [3.8, 4) is 0 Å². The predicted octanol–water partition coefficient (Wildman–Crippen LogP) is 3.22. The first-order valence-electron chi connectivity index (χ1n) is 7.86. The van der Waals surface area contributed by atoms with Crippen LogP contribution in [0.1, 0.15) is 30.9 Å². The van der Waals surface area contributed by atoms with E-state index in [2.05, 4.69) is 17.6 Å². The van der Waals surface area contributed by atoms with Gasteiger partial charge in [0.15, 0.2) is 0 Å². The van der Waals surface area contributed by atoms with Crippen molar-refractivity contribution >= 4 is 5.91 Å². The lowest BCUT2D eigenvalue weighted by Gasteiger charge is -2.18. The molecular formula is C19H23FN2O. The molecule has 2 aromatic carbocycles. The van der Waals surface area contributed by atoms with Gasteiger partial charge in [0.05, 0.1) is 6.04 Å². The Morgan fingerprint density at radius 1 is 1.04 bits per heavy atom. The third-order valence-electron chi connectivity index (χ3n) is 3.87. The molecule has 23 heavy (non-hydrogen) atoms. The summed E-state index contributed by atoms with van der Waals surface area (Å²) in [5, 5.41) is 6.14. The molecule has 4 heteroatoms. The molecule has 0 aliphatic heterocycles. The van der Waals surface area contributed by atoms with Gasteiger partial charge in [-0.1, -0.05) is 49.4 Å². The number of amides is 1. The molecule has 0 aliphatic rings. The van der Waals surface area contributed by atoms with E-state index in [9.17, 15) is 9.18 Å². The van der Waals surface area contributed by atoms with Gasteiger partial charge in [0.1, 0.15) is 5.82 Å². The first kappa shape index (κ1) is 17.2. The minimum atomic E-state index is -0.276. The molecule has 0 fully saturated rings. The van der Waals surface area contributed by atoms with Gasteiger partial charge in [-0.05, 0) is 36.1 Å². The molecule has 0 saturated heterocycles. The van der Waals surface area contributed by atoms with Gasteiger partial charge in [-0.15, -0.1) is 0 Å². The Bertz CT molecular complexity index is 613. The maximum atomic E-state index is 12.9. The summed E-state index contributed by atoms with van der Waals surface area (Å²) in [6.07, 6.45) is 0. The highest BCUT2D eigenvalue weighted by atomic mass is 19.1. The third kappa shape index (κ3) is 5.49. The van der Waals surface area contributed by atoms with Gasteiger partial charge in [-0.25, -0.2) is 4.39 Å². The Morgan fingerprint density at radius 2 is 1.70 bits per heavy atom. The molecule has 0 bridgehead atoms. The van der Waals surface area contributed by atoms with Crippen molar-refractivity contribution in [2.75, 3.05) is 6.54 Å². The summed E-state index contributed by atoms with van der Waals surface area (Å²) in [4.78, 5) is 12.1. The van der Waals surface area contributed by atoms with Crippen molar-refractivity contribution in [1.82, 2.24) is 10.6 Å². The Morgan fingerprint density at radius 3 is 2.35 bits per heavy atom. The molecule has 2 unspecified atom stereocenters. The number of rotatable bonds is 7. The zero-order valence-electron chi connectivity index (χ0n) is 13.6. The number of halogens is 1. The lowest BCUT2D eigenvalue weighted by atomic mass is 10.0. The van der Waals surface area contributed by atoms with E-state index in [1.165, 1.54) is 12.1 Å². The van der Waals surface area contributed by atoms with E-state index in [0.29, 0.717) is 13.1 Å². The van der Waals surface area contributed by atoms with Crippen LogP contribution in [0.4, 0.5) is 4.39 Å². The summed E-state index contributed by atoms with van der Waals surface area (Å²) in [5.41, 5.74) is 2.13. The highest BCUT2D eigenvalue weighted by Gasteiger charge is 2.14. The molecule has 3 nitrogen and oxygen atoms in total. The van der Waals surface area contributed by atoms with E-state index in [1.807, 2.05) is 37.3 Å². The second-order valence-corrected chi connectivity index (χ2v) is 5.79. The summed E-state index contributed by atoms with van der Waals surface area (Å²) < 4.78 is 12.9. The van der Waals surface area contributed by atoms with Crippen molar-refractivity contribution in [1.29, 1.82) is 0 Å². The topological polar surface area (TPSA) is 41.1 Å². The first-order valence-corrected chi connectivity index (χ1v) is 7.86. The Kier molecular flexibility index (Phi) is 6.29. The van der Waals surface area contributed by atoms with Crippen LogP contribution in [0.25, 0.3) is 0 Å². The smallest absolute Gasteiger partial charge is 0.237 e. The fourth-order valence-electron chi connectivity index (χ4n) is 2.29. The Hall–Kier alpha value is -2.20. The second-order valence-electron chi connectivity index (χ2n) is 5.79. The maximum absolute atomic E-state index is 12.9. The van der Waals surface area contributed by atoms with Gasteiger partial charge in [0.25, 0.3) is 0 Å². The molecule has 2 N–H and O–H groups in total. The minimum absolute atomic E-state index is 0.0276. The largest absolute Gasteiger partial charge is 0.351 e. The highest BCUT2D eigenvalue weighted by molar-refractivity contribution is 5.81. The van der Waals surface area contributed by atoms with Crippen LogP contribution in [0.15, 0.2) is 54.6 Å². The number of hydrogen-bond acceptors (Lipinski definition) is 2. The maximum Gasteiger partial charge on any atom is 0.237 e. The molecule has 0 aliphatic carbocycles. The van der Waals surface area contributed by atoms with Crippen LogP contribution in [0.3, 0.4) is 0 Å². The molecule has 0 spiro atoms. The normalized spacial score (nSPS) is 13.3. The summed E-state index contributed by atoms with van der Waals surface area (Å²) in [5.74, 6) is -0.0531. The van der Waals surface area contributed by atoms with Gasteiger partial charge in [-0.2, -0.15) is 0 Å².